The molecule has 0 aromatic rings. The molecule has 2 heteroatoms. The van der Waals surface area contributed by atoms with Gasteiger partial charge < -0.3 is 9.90 Å². The lowest BCUT2D eigenvalue weighted by Gasteiger charge is -2.03. The molecule has 0 unspecified atom stereocenters. The topological polar surface area (TPSA) is 37.3 Å². The lowest BCUT2D eigenvalue weighted by molar-refractivity contribution is -0.116. The number of rotatable bonds is 7. The molecule has 0 heterocycles. The molecule has 0 radical (unpaired) electrons. The Bertz CT molecular complexity index is 302. The van der Waals surface area contributed by atoms with Gasteiger partial charge in [0.2, 0.25) is 0 Å². The monoisotopic (exact) mass is 238 g/mol. The molecular weight excluding hydrogens is 212 g/mol. The average Bonchev–Trinajstić information content (AvgIpc) is 2.75. The molecule has 0 bridgehead atoms. The zero-order valence-corrected chi connectivity index (χ0v) is 11.6. The van der Waals surface area contributed by atoms with Crippen molar-refractivity contribution in [3.8, 4) is 0 Å². The first-order valence-electron chi connectivity index (χ1n) is 6.65. The second-order valence-electron chi connectivity index (χ2n) is 6.05. The molecule has 98 valence electrons. The molecule has 2 nitrogen and oxygen atoms in total. The standard InChI is InChI=1S/C15H26O2/c1-11(6-5-7-12(2)17)8-9-13-14(10-16)15(13,3)4/h6,13-14,16H,5,7-10H2,1-4H3/b11-6+/t13-,14-/m1/s1. The number of allylic oxidation sites excluding steroid dienone is 2. The SMILES string of the molecule is CC(=O)CC/C=C(\C)CC[C@@H]1[C@@H](CO)C1(C)C. The van der Waals surface area contributed by atoms with E-state index in [1.54, 1.807) is 6.92 Å². The largest absolute Gasteiger partial charge is 0.396 e. The second-order valence-corrected chi connectivity index (χ2v) is 6.05. The average molecular weight is 238 g/mol. The van der Waals surface area contributed by atoms with Gasteiger partial charge >= 0.3 is 0 Å². The Labute approximate surface area is 105 Å². The number of aliphatic hydroxyl groups is 1. The lowest BCUT2D eigenvalue weighted by Crippen LogP contribution is -1.93. The van der Waals surface area contributed by atoms with Crippen molar-refractivity contribution in [2.75, 3.05) is 6.61 Å². The van der Waals surface area contributed by atoms with Crippen molar-refractivity contribution in [3.63, 3.8) is 0 Å². The van der Waals surface area contributed by atoms with Crippen LogP contribution in [0.4, 0.5) is 0 Å². The Hall–Kier alpha value is -0.630. The van der Waals surface area contributed by atoms with E-state index in [1.807, 2.05) is 0 Å². The van der Waals surface area contributed by atoms with Gasteiger partial charge in [0, 0.05) is 13.0 Å². The number of ketones is 1. The summed E-state index contributed by atoms with van der Waals surface area (Å²) in [7, 11) is 0. The Kier molecular flexibility index (Phi) is 4.93. The summed E-state index contributed by atoms with van der Waals surface area (Å²) in [5, 5.41) is 9.23. The van der Waals surface area contributed by atoms with Crippen LogP contribution in [0.5, 0.6) is 0 Å². The maximum atomic E-state index is 10.8. The van der Waals surface area contributed by atoms with Crippen molar-refractivity contribution >= 4 is 5.78 Å². The molecule has 1 fully saturated rings. The van der Waals surface area contributed by atoms with Crippen LogP contribution in [0.1, 0.15) is 53.4 Å². The zero-order valence-electron chi connectivity index (χ0n) is 11.6. The third kappa shape index (κ3) is 3.95. The van der Waals surface area contributed by atoms with E-state index in [4.69, 9.17) is 0 Å². The molecule has 1 aliphatic carbocycles. The molecule has 2 atom stereocenters. The summed E-state index contributed by atoms with van der Waals surface area (Å²) in [4.78, 5) is 10.8. The fraction of sp³-hybridized carbons (Fsp3) is 0.800. The van der Waals surface area contributed by atoms with Crippen LogP contribution >= 0.6 is 0 Å². The summed E-state index contributed by atoms with van der Waals surface area (Å²) in [6.07, 6.45) is 5.98. The summed E-state index contributed by atoms with van der Waals surface area (Å²) in [5.41, 5.74) is 1.71. The van der Waals surface area contributed by atoms with Crippen LogP contribution in [0.25, 0.3) is 0 Å². The molecule has 17 heavy (non-hydrogen) atoms. The summed E-state index contributed by atoms with van der Waals surface area (Å²) in [5.74, 6) is 1.42. The van der Waals surface area contributed by atoms with Gasteiger partial charge in [-0.05, 0) is 50.4 Å². The van der Waals surface area contributed by atoms with Crippen LogP contribution in [-0.4, -0.2) is 17.5 Å². The molecule has 0 aromatic heterocycles. The molecular formula is C15H26O2. The highest BCUT2D eigenvalue weighted by atomic mass is 16.3. The van der Waals surface area contributed by atoms with Gasteiger partial charge in [-0.1, -0.05) is 25.5 Å². The fourth-order valence-electron chi connectivity index (χ4n) is 2.80. The molecule has 0 amide bonds. The van der Waals surface area contributed by atoms with Crippen molar-refractivity contribution in [2.24, 2.45) is 17.3 Å². The highest BCUT2D eigenvalue weighted by molar-refractivity contribution is 5.75. The van der Waals surface area contributed by atoms with Gasteiger partial charge in [-0.25, -0.2) is 0 Å². The van der Waals surface area contributed by atoms with E-state index >= 15 is 0 Å². The fourth-order valence-corrected chi connectivity index (χ4v) is 2.80. The molecule has 0 aliphatic heterocycles. The van der Waals surface area contributed by atoms with Crippen LogP contribution in [0.15, 0.2) is 11.6 Å². The quantitative estimate of drug-likeness (QED) is 0.691. The highest BCUT2D eigenvalue weighted by Gasteiger charge is 2.56. The van der Waals surface area contributed by atoms with Crippen LogP contribution < -0.4 is 0 Å². The Balaban J connectivity index is 2.25. The van der Waals surface area contributed by atoms with Crippen molar-refractivity contribution < 1.29 is 9.90 Å². The first-order chi connectivity index (χ1) is 7.89. The zero-order chi connectivity index (χ0) is 13.1. The highest BCUT2D eigenvalue weighted by Crippen LogP contribution is 2.60. The van der Waals surface area contributed by atoms with Crippen LogP contribution in [0.3, 0.4) is 0 Å². The second kappa shape index (κ2) is 5.81. The van der Waals surface area contributed by atoms with E-state index in [0.717, 1.165) is 12.8 Å². The van der Waals surface area contributed by atoms with Crippen molar-refractivity contribution in [3.05, 3.63) is 11.6 Å². The Morgan fingerprint density at radius 1 is 1.24 bits per heavy atom. The van der Waals surface area contributed by atoms with Crippen LogP contribution in [0, 0.1) is 17.3 Å². The van der Waals surface area contributed by atoms with Gasteiger partial charge in [-0.2, -0.15) is 0 Å². The van der Waals surface area contributed by atoms with Crippen molar-refractivity contribution in [2.45, 2.75) is 53.4 Å². The Morgan fingerprint density at radius 3 is 2.35 bits per heavy atom. The van der Waals surface area contributed by atoms with E-state index in [9.17, 15) is 9.90 Å². The number of hydrogen-bond donors (Lipinski definition) is 1. The summed E-state index contributed by atoms with van der Waals surface area (Å²) in [6, 6.07) is 0. The van der Waals surface area contributed by atoms with Gasteiger partial charge in [0.1, 0.15) is 5.78 Å². The molecule has 1 aliphatic rings. The van der Waals surface area contributed by atoms with E-state index in [0.29, 0.717) is 30.3 Å². The molecule has 0 aromatic carbocycles. The maximum Gasteiger partial charge on any atom is 0.130 e. The Morgan fingerprint density at radius 2 is 1.88 bits per heavy atom. The lowest BCUT2D eigenvalue weighted by atomic mass is 10.0. The normalized spacial score (nSPS) is 27.0. The minimum absolute atomic E-state index is 0.262. The molecule has 0 spiro atoms. The summed E-state index contributed by atoms with van der Waals surface area (Å²) >= 11 is 0. The van der Waals surface area contributed by atoms with E-state index in [2.05, 4.69) is 26.8 Å². The minimum atomic E-state index is 0.262. The van der Waals surface area contributed by atoms with E-state index < -0.39 is 0 Å². The van der Waals surface area contributed by atoms with Gasteiger partial charge in [0.15, 0.2) is 0 Å². The maximum absolute atomic E-state index is 10.8. The number of carbonyl (C=O) groups excluding carboxylic acids is 1. The van der Waals surface area contributed by atoms with Crippen molar-refractivity contribution in [1.29, 1.82) is 0 Å². The number of aliphatic hydroxyl groups excluding tert-OH is 1. The molecule has 1 rings (SSSR count). The smallest absolute Gasteiger partial charge is 0.130 e. The molecule has 0 saturated heterocycles. The minimum Gasteiger partial charge on any atom is -0.396 e. The van der Waals surface area contributed by atoms with E-state index in [-0.39, 0.29) is 5.78 Å². The third-order valence-corrected chi connectivity index (χ3v) is 4.32. The molecule has 1 saturated carbocycles. The van der Waals surface area contributed by atoms with E-state index in [1.165, 1.54) is 12.0 Å². The predicted molar refractivity (Wildman–Crippen MR) is 70.8 cm³/mol. The first-order valence-corrected chi connectivity index (χ1v) is 6.65. The van der Waals surface area contributed by atoms with Crippen LogP contribution in [-0.2, 0) is 4.79 Å². The van der Waals surface area contributed by atoms with Gasteiger partial charge in [-0.15, -0.1) is 0 Å². The van der Waals surface area contributed by atoms with Crippen LogP contribution in [0.2, 0.25) is 0 Å². The third-order valence-electron chi connectivity index (χ3n) is 4.32. The van der Waals surface area contributed by atoms with Gasteiger partial charge in [0.05, 0.1) is 0 Å². The summed E-state index contributed by atoms with van der Waals surface area (Å²) in [6.45, 7) is 8.59. The number of Topliss-reactive ketones (excluding diaryl/α,β-unsaturated/α-hetero) is 1. The first kappa shape index (κ1) is 14.4. The number of hydrogen-bond acceptors (Lipinski definition) is 2. The van der Waals surface area contributed by atoms with Gasteiger partial charge in [-0.3, -0.25) is 0 Å². The van der Waals surface area contributed by atoms with Gasteiger partial charge in [0.25, 0.3) is 0 Å². The number of carbonyl (C=O) groups is 1. The predicted octanol–water partition coefficient (Wildman–Crippen LogP) is 3.35. The molecule has 1 N–H and O–H groups in total. The summed E-state index contributed by atoms with van der Waals surface area (Å²) < 4.78 is 0. The van der Waals surface area contributed by atoms with Crippen molar-refractivity contribution in [1.82, 2.24) is 0 Å².